The summed E-state index contributed by atoms with van der Waals surface area (Å²) in [5.41, 5.74) is 14.8. The monoisotopic (exact) mass is 794 g/mol. The number of fused-ring (bicyclic) bond motifs is 13. The molecular weight excluding hydrogens is 761 g/mol. The van der Waals surface area contributed by atoms with E-state index in [0.717, 1.165) is 56.0 Å². The van der Waals surface area contributed by atoms with Crippen molar-refractivity contribution >= 4 is 86.2 Å². The van der Waals surface area contributed by atoms with Crippen LogP contribution in [0, 0.1) is 0 Å². The van der Waals surface area contributed by atoms with Gasteiger partial charge in [-0.25, -0.2) is 9.97 Å². The molecule has 13 aromatic rings. The molecule has 5 heteroatoms. The highest BCUT2D eigenvalue weighted by atomic mass is 32.1. The van der Waals surface area contributed by atoms with Crippen LogP contribution in [0.15, 0.2) is 206 Å². The molecule has 284 valence electrons. The van der Waals surface area contributed by atoms with E-state index in [9.17, 15) is 0 Å². The van der Waals surface area contributed by atoms with Crippen molar-refractivity contribution in [2.75, 3.05) is 0 Å². The molecule has 0 bridgehead atoms. The third-order valence-corrected chi connectivity index (χ3v) is 13.5. The van der Waals surface area contributed by atoms with Crippen molar-refractivity contribution in [3.05, 3.63) is 206 Å². The summed E-state index contributed by atoms with van der Waals surface area (Å²) in [5, 5.41) is 7.59. The first-order valence-electron chi connectivity index (χ1n) is 20.7. The largest absolute Gasteiger partial charge is 0.308 e. The summed E-state index contributed by atoms with van der Waals surface area (Å²) in [7, 11) is 0. The van der Waals surface area contributed by atoms with Gasteiger partial charge in [-0.2, -0.15) is 0 Å². The lowest BCUT2D eigenvalue weighted by Crippen LogP contribution is -2.00. The van der Waals surface area contributed by atoms with E-state index in [1.165, 1.54) is 63.8 Å². The summed E-state index contributed by atoms with van der Waals surface area (Å²) in [6, 6.07) is 74.0. The smallest absolute Gasteiger partial charge is 0.0979 e. The molecule has 0 saturated carbocycles. The molecular formula is C56H34N4S. The first-order valence-corrected chi connectivity index (χ1v) is 21.5. The highest BCUT2D eigenvalue weighted by molar-refractivity contribution is 7.27. The minimum absolute atomic E-state index is 0.859. The third-order valence-electron chi connectivity index (χ3n) is 12.3. The maximum absolute atomic E-state index is 5.39. The van der Waals surface area contributed by atoms with E-state index >= 15 is 0 Å². The number of hydrogen-bond donors (Lipinski definition) is 0. The van der Waals surface area contributed by atoms with Gasteiger partial charge in [-0.3, -0.25) is 0 Å². The number of aromatic nitrogens is 4. The molecule has 13 rings (SSSR count). The topological polar surface area (TPSA) is 35.6 Å². The van der Waals surface area contributed by atoms with Crippen LogP contribution in [0.1, 0.15) is 0 Å². The van der Waals surface area contributed by atoms with Crippen molar-refractivity contribution in [3.63, 3.8) is 0 Å². The summed E-state index contributed by atoms with van der Waals surface area (Å²) in [6.45, 7) is 0. The Kier molecular flexibility index (Phi) is 7.44. The Hall–Kier alpha value is -7.86. The molecule has 0 unspecified atom stereocenters. The van der Waals surface area contributed by atoms with Crippen LogP contribution in [0.2, 0.25) is 0 Å². The number of benzene rings is 9. The first-order chi connectivity index (χ1) is 30.3. The van der Waals surface area contributed by atoms with Crippen LogP contribution >= 0.6 is 11.3 Å². The van der Waals surface area contributed by atoms with E-state index in [0.29, 0.717) is 0 Å². The second-order valence-electron chi connectivity index (χ2n) is 15.7. The molecule has 0 aliphatic rings. The molecule has 9 aromatic carbocycles. The number of rotatable bonds is 5. The van der Waals surface area contributed by atoms with Crippen LogP contribution in [0.4, 0.5) is 0 Å². The second-order valence-corrected chi connectivity index (χ2v) is 16.7. The average molecular weight is 795 g/mol. The number of thiophene rings is 1. The van der Waals surface area contributed by atoms with Gasteiger partial charge < -0.3 is 9.13 Å². The maximum Gasteiger partial charge on any atom is 0.0979 e. The molecule has 0 atom stereocenters. The summed E-state index contributed by atoms with van der Waals surface area (Å²) < 4.78 is 7.61. The van der Waals surface area contributed by atoms with Gasteiger partial charge in [-0.05, 0) is 65.7 Å². The number of para-hydroxylation sites is 5. The summed E-state index contributed by atoms with van der Waals surface area (Å²) in [6.07, 6.45) is 0. The van der Waals surface area contributed by atoms with Gasteiger partial charge >= 0.3 is 0 Å². The number of nitrogens with zero attached hydrogens (tertiary/aromatic N) is 4. The fraction of sp³-hybridized carbons (Fsp3) is 0. The van der Waals surface area contributed by atoms with E-state index in [4.69, 9.17) is 9.97 Å². The predicted molar refractivity (Wildman–Crippen MR) is 257 cm³/mol. The quantitative estimate of drug-likeness (QED) is 0.174. The molecule has 4 heterocycles. The molecule has 61 heavy (non-hydrogen) atoms. The molecule has 4 nitrogen and oxygen atoms in total. The summed E-state index contributed by atoms with van der Waals surface area (Å²) in [4.78, 5) is 10.7. The normalized spacial score (nSPS) is 11.9. The van der Waals surface area contributed by atoms with Crippen molar-refractivity contribution in [2.24, 2.45) is 0 Å². The molecule has 0 radical (unpaired) electrons. The lowest BCUT2D eigenvalue weighted by molar-refractivity contribution is 1.18. The molecule has 0 aliphatic heterocycles. The van der Waals surface area contributed by atoms with Crippen LogP contribution in [-0.4, -0.2) is 19.1 Å². The van der Waals surface area contributed by atoms with Crippen LogP contribution in [-0.2, 0) is 0 Å². The number of hydrogen-bond acceptors (Lipinski definition) is 3. The Morgan fingerprint density at radius 1 is 0.361 bits per heavy atom. The van der Waals surface area contributed by atoms with E-state index in [1.807, 2.05) is 35.6 Å². The minimum atomic E-state index is 0.859. The van der Waals surface area contributed by atoms with Crippen LogP contribution in [0.5, 0.6) is 0 Å². The Labute approximate surface area is 354 Å². The average Bonchev–Trinajstić information content (AvgIpc) is 4.00. The zero-order chi connectivity index (χ0) is 40.0. The van der Waals surface area contributed by atoms with E-state index in [2.05, 4.69) is 191 Å². The van der Waals surface area contributed by atoms with Crippen LogP contribution in [0.3, 0.4) is 0 Å². The molecule has 0 fully saturated rings. The van der Waals surface area contributed by atoms with Crippen LogP contribution in [0.25, 0.3) is 120 Å². The molecule has 0 spiro atoms. The minimum Gasteiger partial charge on any atom is -0.308 e. The zero-order valence-electron chi connectivity index (χ0n) is 32.8. The summed E-state index contributed by atoms with van der Waals surface area (Å²) in [5.74, 6) is 0. The Balaban J connectivity index is 1.20. The third kappa shape index (κ3) is 5.05. The van der Waals surface area contributed by atoms with Crippen molar-refractivity contribution in [3.8, 4) is 45.0 Å². The van der Waals surface area contributed by atoms with Gasteiger partial charge in [0.15, 0.2) is 0 Å². The standard InChI is InChI=1S/C56H34N4S/c1-4-18-35(19-5-1)43-34-38(32-33-39(43)53-52(36-20-6-2-7-21-36)57-44-27-13-14-28-45(44)58-53)60-47-30-16-11-25-41(47)50-54(60)49-40-24-10-15-29-46(40)59(37-22-8-3-9-23-37)55(49)51-42-26-12-17-31-48(42)61-56(50)51/h1-34H. The summed E-state index contributed by atoms with van der Waals surface area (Å²) >= 11 is 1.90. The van der Waals surface area contributed by atoms with Gasteiger partial charge in [0.25, 0.3) is 0 Å². The highest BCUT2D eigenvalue weighted by Crippen LogP contribution is 2.51. The van der Waals surface area contributed by atoms with E-state index < -0.39 is 0 Å². The molecule has 0 N–H and O–H groups in total. The molecule has 0 amide bonds. The van der Waals surface area contributed by atoms with Crippen LogP contribution < -0.4 is 0 Å². The van der Waals surface area contributed by atoms with Gasteiger partial charge in [-0.15, -0.1) is 11.3 Å². The van der Waals surface area contributed by atoms with Gasteiger partial charge in [0, 0.05) is 64.2 Å². The fourth-order valence-corrected chi connectivity index (χ4v) is 11.0. The van der Waals surface area contributed by atoms with Crippen molar-refractivity contribution < 1.29 is 0 Å². The Morgan fingerprint density at radius 2 is 0.869 bits per heavy atom. The fourth-order valence-electron chi connectivity index (χ4n) is 9.71. The SMILES string of the molecule is c1ccc(-c2cc(-n3c4ccccc4c4c5sc6ccccc6c5c5c(c6ccccc6n5-c5ccccc5)c43)ccc2-c2nc3ccccc3nc2-c2ccccc2)cc1. The first kappa shape index (κ1) is 34.0. The molecule has 0 saturated heterocycles. The Bertz CT molecular complexity index is 3860. The second kappa shape index (κ2) is 13.3. The maximum atomic E-state index is 5.39. The lowest BCUT2D eigenvalue weighted by Gasteiger charge is -2.17. The van der Waals surface area contributed by atoms with Crippen molar-refractivity contribution in [1.29, 1.82) is 0 Å². The zero-order valence-corrected chi connectivity index (χ0v) is 33.6. The van der Waals surface area contributed by atoms with Gasteiger partial charge in [-0.1, -0.05) is 152 Å². The molecule has 4 aromatic heterocycles. The van der Waals surface area contributed by atoms with E-state index in [-0.39, 0.29) is 0 Å². The van der Waals surface area contributed by atoms with Crippen molar-refractivity contribution in [2.45, 2.75) is 0 Å². The Morgan fingerprint density at radius 3 is 1.56 bits per heavy atom. The van der Waals surface area contributed by atoms with Gasteiger partial charge in [0.1, 0.15) is 0 Å². The van der Waals surface area contributed by atoms with Crippen molar-refractivity contribution in [1.82, 2.24) is 19.1 Å². The van der Waals surface area contributed by atoms with Gasteiger partial charge in [0.05, 0.1) is 44.5 Å². The lowest BCUT2D eigenvalue weighted by atomic mass is 9.94. The molecule has 0 aliphatic carbocycles. The highest BCUT2D eigenvalue weighted by Gasteiger charge is 2.27. The van der Waals surface area contributed by atoms with Gasteiger partial charge in [0.2, 0.25) is 0 Å². The predicted octanol–water partition coefficient (Wildman–Crippen LogP) is 15.2. The van der Waals surface area contributed by atoms with E-state index in [1.54, 1.807) is 0 Å².